The standard InChI is InChI=1S/C16H30N2O.ClH/c1-16(2,14-6-4-3-5-7-14)12-18-15(19)13-8-10-17-11-9-13;/h13-14,17H,3-12H2,1-2H3,(H,18,19);1H. The van der Waals surface area contributed by atoms with E-state index < -0.39 is 0 Å². The van der Waals surface area contributed by atoms with E-state index in [9.17, 15) is 4.79 Å². The number of carbonyl (C=O) groups is 1. The number of piperidine rings is 1. The molecule has 1 amide bonds. The van der Waals surface area contributed by atoms with Crippen LogP contribution in [0.2, 0.25) is 0 Å². The smallest absolute Gasteiger partial charge is 0.223 e. The van der Waals surface area contributed by atoms with E-state index in [0.29, 0.717) is 0 Å². The minimum atomic E-state index is 0. The molecular formula is C16H31ClN2O. The van der Waals surface area contributed by atoms with Crippen LogP contribution in [0.25, 0.3) is 0 Å². The second-order valence-electron chi connectivity index (χ2n) is 7.07. The maximum Gasteiger partial charge on any atom is 0.223 e. The van der Waals surface area contributed by atoms with E-state index in [4.69, 9.17) is 0 Å². The Labute approximate surface area is 130 Å². The zero-order valence-electron chi connectivity index (χ0n) is 13.0. The molecule has 1 aliphatic carbocycles. The van der Waals surface area contributed by atoms with Crippen molar-refractivity contribution in [1.82, 2.24) is 10.6 Å². The van der Waals surface area contributed by atoms with Gasteiger partial charge in [0.15, 0.2) is 0 Å². The summed E-state index contributed by atoms with van der Waals surface area (Å²) >= 11 is 0. The molecule has 4 heteroatoms. The molecule has 2 N–H and O–H groups in total. The number of carbonyl (C=O) groups excluding carboxylic acids is 1. The Kier molecular flexibility index (Phi) is 7.32. The lowest BCUT2D eigenvalue weighted by molar-refractivity contribution is -0.126. The fraction of sp³-hybridized carbons (Fsp3) is 0.938. The quantitative estimate of drug-likeness (QED) is 0.838. The number of nitrogens with one attached hydrogen (secondary N) is 2. The van der Waals surface area contributed by atoms with Gasteiger partial charge in [-0.15, -0.1) is 12.4 Å². The van der Waals surface area contributed by atoms with E-state index >= 15 is 0 Å². The third-order valence-corrected chi connectivity index (χ3v) is 5.14. The van der Waals surface area contributed by atoms with Crippen molar-refractivity contribution in [1.29, 1.82) is 0 Å². The van der Waals surface area contributed by atoms with Crippen LogP contribution in [0.4, 0.5) is 0 Å². The van der Waals surface area contributed by atoms with Crippen LogP contribution < -0.4 is 10.6 Å². The van der Waals surface area contributed by atoms with Gasteiger partial charge in [0.05, 0.1) is 0 Å². The molecule has 2 fully saturated rings. The Hall–Kier alpha value is -0.280. The lowest BCUT2D eigenvalue weighted by Crippen LogP contribution is -2.43. The maximum atomic E-state index is 12.2. The first kappa shape index (κ1) is 17.8. The maximum absolute atomic E-state index is 12.2. The molecule has 2 aliphatic rings. The van der Waals surface area contributed by atoms with Gasteiger partial charge >= 0.3 is 0 Å². The average Bonchev–Trinajstić information content (AvgIpc) is 2.47. The molecule has 0 bridgehead atoms. The Balaban J connectivity index is 0.00000200. The summed E-state index contributed by atoms with van der Waals surface area (Å²) in [6.45, 7) is 7.48. The fourth-order valence-electron chi connectivity index (χ4n) is 3.57. The van der Waals surface area contributed by atoms with Gasteiger partial charge in [0.1, 0.15) is 0 Å². The van der Waals surface area contributed by atoms with Crippen molar-refractivity contribution >= 4 is 18.3 Å². The van der Waals surface area contributed by atoms with Gasteiger partial charge in [-0.3, -0.25) is 4.79 Å². The number of hydrogen-bond donors (Lipinski definition) is 2. The van der Waals surface area contributed by atoms with Gasteiger partial charge in [-0.25, -0.2) is 0 Å². The normalized spacial score (nSPS) is 22.1. The van der Waals surface area contributed by atoms with Crippen LogP contribution in [-0.4, -0.2) is 25.5 Å². The van der Waals surface area contributed by atoms with Crippen molar-refractivity contribution in [2.75, 3.05) is 19.6 Å². The van der Waals surface area contributed by atoms with Crippen molar-refractivity contribution in [3.05, 3.63) is 0 Å². The van der Waals surface area contributed by atoms with E-state index in [0.717, 1.165) is 38.4 Å². The van der Waals surface area contributed by atoms with Crippen LogP contribution in [0.3, 0.4) is 0 Å². The van der Waals surface area contributed by atoms with Gasteiger partial charge in [-0.1, -0.05) is 33.1 Å². The summed E-state index contributed by atoms with van der Waals surface area (Å²) in [5, 5.41) is 6.54. The number of amides is 1. The molecule has 0 aromatic heterocycles. The van der Waals surface area contributed by atoms with E-state index in [1.165, 1.54) is 32.1 Å². The summed E-state index contributed by atoms with van der Waals surface area (Å²) in [5.41, 5.74) is 0.253. The predicted molar refractivity (Wildman–Crippen MR) is 86.2 cm³/mol. The summed E-state index contributed by atoms with van der Waals surface area (Å²) < 4.78 is 0. The fourth-order valence-corrected chi connectivity index (χ4v) is 3.57. The van der Waals surface area contributed by atoms with Gasteiger partial charge < -0.3 is 10.6 Å². The van der Waals surface area contributed by atoms with E-state index in [1.54, 1.807) is 0 Å². The molecule has 3 nitrogen and oxygen atoms in total. The van der Waals surface area contributed by atoms with Crippen molar-refractivity contribution in [2.24, 2.45) is 17.3 Å². The summed E-state index contributed by atoms with van der Waals surface area (Å²) in [6.07, 6.45) is 8.82. The second-order valence-corrected chi connectivity index (χ2v) is 7.07. The Morgan fingerprint density at radius 3 is 2.30 bits per heavy atom. The van der Waals surface area contributed by atoms with Gasteiger partial charge in [-0.05, 0) is 50.1 Å². The van der Waals surface area contributed by atoms with Crippen LogP contribution in [0.1, 0.15) is 58.8 Å². The molecule has 0 unspecified atom stereocenters. The molecule has 0 atom stereocenters. The molecule has 0 radical (unpaired) electrons. The summed E-state index contributed by atoms with van der Waals surface area (Å²) in [7, 11) is 0. The van der Waals surface area contributed by atoms with Crippen molar-refractivity contribution in [2.45, 2.75) is 58.8 Å². The van der Waals surface area contributed by atoms with Crippen LogP contribution >= 0.6 is 12.4 Å². The number of halogens is 1. The summed E-state index contributed by atoms with van der Waals surface area (Å²) in [4.78, 5) is 12.2. The highest BCUT2D eigenvalue weighted by Crippen LogP contribution is 2.37. The molecule has 1 saturated heterocycles. The zero-order chi connectivity index (χ0) is 13.7. The molecule has 1 aliphatic heterocycles. The first-order valence-corrected chi connectivity index (χ1v) is 8.08. The Morgan fingerprint density at radius 2 is 1.70 bits per heavy atom. The molecule has 2 rings (SSSR count). The molecule has 20 heavy (non-hydrogen) atoms. The Morgan fingerprint density at radius 1 is 1.10 bits per heavy atom. The number of hydrogen-bond acceptors (Lipinski definition) is 2. The van der Waals surface area contributed by atoms with Crippen molar-refractivity contribution < 1.29 is 4.79 Å². The second kappa shape index (κ2) is 8.23. The SMILES string of the molecule is CC(C)(CNC(=O)C1CCNCC1)C1CCCCC1.Cl. The highest BCUT2D eigenvalue weighted by molar-refractivity contribution is 5.85. The lowest BCUT2D eigenvalue weighted by Gasteiger charge is -2.37. The Bertz CT molecular complexity index is 295. The largest absolute Gasteiger partial charge is 0.355 e. The van der Waals surface area contributed by atoms with Gasteiger partial charge in [-0.2, -0.15) is 0 Å². The highest BCUT2D eigenvalue weighted by Gasteiger charge is 2.31. The van der Waals surface area contributed by atoms with E-state index in [-0.39, 0.29) is 29.6 Å². The molecule has 1 heterocycles. The van der Waals surface area contributed by atoms with Gasteiger partial charge in [0.2, 0.25) is 5.91 Å². The topological polar surface area (TPSA) is 41.1 Å². The lowest BCUT2D eigenvalue weighted by atomic mass is 9.71. The first-order valence-electron chi connectivity index (χ1n) is 8.08. The van der Waals surface area contributed by atoms with Crippen LogP contribution in [0.5, 0.6) is 0 Å². The van der Waals surface area contributed by atoms with Crippen molar-refractivity contribution in [3.63, 3.8) is 0 Å². The van der Waals surface area contributed by atoms with Crippen LogP contribution in [-0.2, 0) is 4.79 Å². The molecule has 0 aromatic carbocycles. The minimum Gasteiger partial charge on any atom is -0.355 e. The zero-order valence-corrected chi connectivity index (χ0v) is 13.9. The van der Waals surface area contributed by atoms with E-state index in [1.807, 2.05) is 0 Å². The molecule has 118 valence electrons. The summed E-state index contributed by atoms with van der Waals surface area (Å²) in [5.74, 6) is 1.31. The first-order chi connectivity index (χ1) is 9.09. The minimum absolute atomic E-state index is 0. The monoisotopic (exact) mass is 302 g/mol. The van der Waals surface area contributed by atoms with E-state index in [2.05, 4.69) is 24.5 Å². The molecular weight excluding hydrogens is 272 g/mol. The molecule has 1 saturated carbocycles. The highest BCUT2D eigenvalue weighted by atomic mass is 35.5. The van der Waals surface area contributed by atoms with Gasteiger partial charge in [0, 0.05) is 12.5 Å². The van der Waals surface area contributed by atoms with Gasteiger partial charge in [0.25, 0.3) is 0 Å². The third-order valence-electron chi connectivity index (χ3n) is 5.14. The molecule has 0 aromatic rings. The van der Waals surface area contributed by atoms with Crippen LogP contribution in [0.15, 0.2) is 0 Å². The van der Waals surface area contributed by atoms with Crippen molar-refractivity contribution in [3.8, 4) is 0 Å². The number of rotatable bonds is 4. The average molecular weight is 303 g/mol. The summed E-state index contributed by atoms with van der Waals surface area (Å²) in [6, 6.07) is 0. The third kappa shape index (κ3) is 4.92. The molecule has 0 spiro atoms. The predicted octanol–water partition coefficient (Wildman–Crippen LogP) is 3.13. The van der Waals surface area contributed by atoms with Crippen LogP contribution in [0, 0.1) is 17.3 Å².